The SMILES string of the molecule is C=CC(=O)Nc1ccc(F)c(Nc2nc(Nc3cnn(C)c3)ncc2-c2cc(F)c(Br)c(C(F)F)c2)c1. The number of rotatable bonds is 8. The van der Waals surface area contributed by atoms with Crippen molar-refractivity contribution in [2.75, 3.05) is 16.0 Å². The zero-order valence-electron chi connectivity index (χ0n) is 19.1. The molecule has 37 heavy (non-hydrogen) atoms. The predicted molar refractivity (Wildman–Crippen MR) is 135 cm³/mol. The molecule has 0 atom stereocenters. The molecule has 0 unspecified atom stereocenters. The minimum absolute atomic E-state index is 0.0190. The van der Waals surface area contributed by atoms with Crippen molar-refractivity contribution in [3.8, 4) is 11.1 Å². The van der Waals surface area contributed by atoms with E-state index >= 15 is 0 Å². The summed E-state index contributed by atoms with van der Waals surface area (Å²) in [5.74, 6) is -2.07. The minimum atomic E-state index is -2.96. The summed E-state index contributed by atoms with van der Waals surface area (Å²) in [4.78, 5) is 20.2. The molecule has 0 aliphatic carbocycles. The Labute approximate surface area is 216 Å². The first-order chi connectivity index (χ1) is 17.6. The Hall–Kier alpha value is -4.26. The number of benzene rings is 2. The van der Waals surface area contributed by atoms with E-state index < -0.39 is 29.5 Å². The zero-order chi connectivity index (χ0) is 26.7. The van der Waals surface area contributed by atoms with Crippen LogP contribution in [0.4, 0.5) is 46.4 Å². The number of nitrogens with zero attached hydrogens (tertiary/aromatic N) is 4. The van der Waals surface area contributed by atoms with Gasteiger partial charge in [-0.15, -0.1) is 0 Å². The van der Waals surface area contributed by atoms with Gasteiger partial charge in [0.15, 0.2) is 0 Å². The van der Waals surface area contributed by atoms with Gasteiger partial charge in [-0.05, 0) is 57.9 Å². The third-order valence-electron chi connectivity index (χ3n) is 5.02. The van der Waals surface area contributed by atoms with Crippen LogP contribution in [0.1, 0.15) is 12.0 Å². The lowest BCUT2D eigenvalue weighted by molar-refractivity contribution is -0.111. The molecule has 190 valence electrons. The Morgan fingerprint density at radius 3 is 2.57 bits per heavy atom. The molecule has 0 spiro atoms. The number of nitrogens with one attached hydrogen (secondary N) is 3. The van der Waals surface area contributed by atoms with Crippen molar-refractivity contribution in [1.82, 2.24) is 19.7 Å². The van der Waals surface area contributed by atoms with E-state index in [1.165, 1.54) is 24.5 Å². The van der Waals surface area contributed by atoms with Crippen LogP contribution in [0.15, 0.2) is 66.1 Å². The van der Waals surface area contributed by atoms with Gasteiger partial charge in [-0.25, -0.2) is 22.5 Å². The smallest absolute Gasteiger partial charge is 0.265 e. The molecule has 0 saturated heterocycles. The molecule has 2 aromatic heterocycles. The molecule has 0 aliphatic rings. The third kappa shape index (κ3) is 5.94. The maximum Gasteiger partial charge on any atom is 0.265 e. The van der Waals surface area contributed by atoms with E-state index in [0.717, 1.165) is 24.3 Å². The van der Waals surface area contributed by atoms with Crippen LogP contribution >= 0.6 is 15.9 Å². The number of alkyl halides is 2. The highest BCUT2D eigenvalue weighted by molar-refractivity contribution is 9.10. The molecule has 0 saturated carbocycles. The van der Waals surface area contributed by atoms with Crippen molar-refractivity contribution in [3.63, 3.8) is 0 Å². The highest BCUT2D eigenvalue weighted by Gasteiger charge is 2.20. The number of halogens is 5. The largest absolute Gasteiger partial charge is 0.337 e. The molecule has 0 fully saturated rings. The second-order valence-electron chi connectivity index (χ2n) is 7.66. The summed E-state index contributed by atoms with van der Waals surface area (Å²) in [7, 11) is 1.71. The van der Waals surface area contributed by atoms with Gasteiger partial charge in [-0.2, -0.15) is 10.1 Å². The van der Waals surface area contributed by atoms with Gasteiger partial charge in [-0.1, -0.05) is 6.58 Å². The van der Waals surface area contributed by atoms with Crippen LogP contribution in [0.2, 0.25) is 0 Å². The predicted octanol–water partition coefficient (Wildman–Crippen LogP) is 6.47. The zero-order valence-corrected chi connectivity index (χ0v) is 20.7. The number of aromatic nitrogens is 4. The monoisotopic (exact) mass is 575 g/mol. The lowest BCUT2D eigenvalue weighted by Gasteiger charge is -2.16. The lowest BCUT2D eigenvalue weighted by atomic mass is 10.0. The fraction of sp³-hybridized carbons (Fsp3) is 0.0833. The van der Waals surface area contributed by atoms with E-state index in [-0.39, 0.29) is 38.7 Å². The molecular formula is C24H18BrF4N7O. The molecule has 4 aromatic rings. The van der Waals surface area contributed by atoms with E-state index in [2.05, 4.69) is 53.5 Å². The lowest BCUT2D eigenvalue weighted by Crippen LogP contribution is -2.08. The highest BCUT2D eigenvalue weighted by Crippen LogP contribution is 2.37. The summed E-state index contributed by atoms with van der Waals surface area (Å²) in [6.07, 6.45) is 2.56. The van der Waals surface area contributed by atoms with Crippen molar-refractivity contribution in [2.45, 2.75) is 6.43 Å². The van der Waals surface area contributed by atoms with Crippen molar-refractivity contribution >= 4 is 50.7 Å². The molecule has 8 nitrogen and oxygen atoms in total. The van der Waals surface area contributed by atoms with Crippen molar-refractivity contribution in [3.05, 3.63) is 83.2 Å². The van der Waals surface area contributed by atoms with Gasteiger partial charge in [-0.3, -0.25) is 9.48 Å². The summed E-state index contributed by atoms with van der Waals surface area (Å²) in [6.45, 7) is 3.37. The van der Waals surface area contributed by atoms with Crippen LogP contribution in [0.3, 0.4) is 0 Å². The normalized spacial score (nSPS) is 10.9. The van der Waals surface area contributed by atoms with Gasteiger partial charge in [0, 0.05) is 36.3 Å². The van der Waals surface area contributed by atoms with Crippen LogP contribution in [-0.2, 0) is 11.8 Å². The molecule has 3 N–H and O–H groups in total. The van der Waals surface area contributed by atoms with Crippen LogP contribution in [0, 0.1) is 11.6 Å². The summed E-state index contributed by atoms with van der Waals surface area (Å²) < 4.78 is 57.5. The van der Waals surface area contributed by atoms with Crippen molar-refractivity contribution in [1.29, 1.82) is 0 Å². The fourth-order valence-corrected chi connectivity index (χ4v) is 3.71. The van der Waals surface area contributed by atoms with E-state index in [1.54, 1.807) is 17.9 Å². The third-order valence-corrected chi connectivity index (χ3v) is 5.86. The maximum atomic E-state index is 14.7. The molecular weight excluding hydrogens is 558 g/mol. The quantitative estimate of drug-likeness (QED) is 0.165. The topological polar surface area (TPSA) is 96.8 Å². The molecule has 1 amide bonds. The van der Waals surface area contributed by atoms with E-state index in [9.17, 15) is 22.4 Å². The van der Waals surface area contributed by atoms with Crippen LogP contribution in [-0.4, -0.2) is 25.7 Å². The first-order valence-electron chi connectivity index (χ1n) is 10.5. The molecule has 2 heterocycles. The maximum absolute atomic E-state index is 14.7. The first kappa shape index (κ1) is 25.8. The second-order valence-corrected chi connectivity index (χ2v) is 8.45. The van der Waals surface area contributed by atoms with E-state index in [1.807, 2.05) is 0 Å². The highest BCUT2D eigenvalue weighted by atomic mass is 79.9. The Morgan fingerprint density at radius 1 is 1.11 bits per heavy atom. The molecule has 2 aromatic carbocycles. The van der Waals surface area contributed by atoms with Gasteiger partial charge in [0.25, 0.3) is 6.43 Å². The fourth-order valence-electron chi connectivity index (χ4n) is 3.31. The molecule has 0 aliphatic heterocycles. The number of amides is 1. The van der Waals surface area contributed by atoms with Crippen LogP contribution < -0.4 is 16.0 Å². The first-order valence-corrected chi connectivity index (χ1v) is 11.3. The molecule has 13 heteroatoms. The van der Waals surface area contributed by atoms with E-state index in [4.69, 9.17) is 0 Å². The Balaban J connectivity index is 1.81. The van der Waals surface area contributed by atoms with Gasteiger partial charge in [0.2, 0.25) is 11.9 Å². The van der Waals surface area contributed by atoms with Crippen molar-refractivity contribution < 1.29 is 22.4 Å². The average molecular weight is 576 g/mol. The Morgan fingerprint density at radius 2 is 1.89 bits per heavy atom. The van der Waals surface area contributed by atoms with E-state index in [0.29, 0.717) is 5.69 Å². The minimum Gasteiger partial charge on any atom is -0.337 e. The number of aryl methyl sites for hydroxylation is 1. The van der Waals surface area contributed by atoms with Gasteiger partial charge in [0.1, 0.15) is 17.5 Å². The number of hydrogen-bond donors (Lipinski definition) is 3. The van der Waals surface area contributed by atoms with Crippen LogP contribution in [0.5, 0.6) is 0 Å². The summed E-state index contributed by atoms with van der Waals surface area (Å²) in [5.41, 5.74) is 0.288. The average Bonchev–Trinajstić information content (AvgIpc) is 3.27. The molecule has 0 bridgehead atoms. The van der Waals surface area contributed by atoms with Gasteiger partial charge >= 0.3 is 0 Å². The van der Waals surface area contributed by atoms with Gasteiger partial charge < -0.3 is 16.0 Å². The van der Waals surface area contributed by atoms with Crippen molar-refractivity contribution in [2.24, 2.45) is 7.05 Å². The number of hydrogen-bond acceptors (Lipinski definition) is 6. The number of carbonyl (C=O) groups excluding carboxylic acids is 1. The number of carbonyl (C=O) groups is 1. The number of anilines is 5. The van der Waals surface area contributed by atoms with Crippen LogP contribution in [0.25, 0.3) is 11.1 Å². The molecule has 4 rings (SSSR count). The van der Waals surface area contributed by atoms with Gasteiger partial charge in [0.05, 0.1) is 22.0 Å². The Bertz CT molecular complexity index is 1490. The Kier molecular flexibility index (Phi) is 7.53. The summed E-state index contributed by atoms with van der Waals surface area (Å²) >= 11 is 2.84. The standard InChI is InChI=1S/C24H18BrF4N7O/c1-3-20(37)32-13-4-5-17(26)19(8-13)34-23-16(12-6-15(22(28)29)21(25)18(27)7-12)10-30-24(35-23)33-14-9-31-36(2)11-14/h3-11,22H,1H2,2H3,(H,32,37)(H2,30,33,34,35). The summed E-state index contributed by atoms with van der Waals surface area (Å²) in [6, 6.07) is 5.89. The summed E-state index contributed by atoms with van der Waals surface area (Å²) in [5, 5.41) is 12.3. The second kappa shape index (κ2) is 10.8. The molecule has 0 radical (unpaired) electrons.